The van der Waals surface area contributed by atoms with Crippen molar-refractivity contribution in [3.63, 3.8) is 0 Å². The van der Waals surface area contributed by atoms with Gasteiger partial charge in [-0.1, -0.05) is 48.0 Å². The summed E-state index contributed by atoms with van der Waals surface area (Å²) in [7, 11) is 0. The van der Waals surface area contributed by atoms with Crippen molar-refractivity contribution in [2.45, 2.75) is 12.5 Å². The first-order valence-corrected chi connectivity index (χ1v) is 7.68. The van der Waals surface area contributed by atoms with Crippen molar-refractivity contribution >= 4 is 33.4 Å². The fraction of sp³-hybridized carbons (Fsp3) is 0.188. The van der Waals surface area contributed by atoms with E-state index in [-0.39, 0.29) is 18.6 Å². The van der Waals surface area contributed by atoms with Crippen molar-refractivity contribution in [1.29, 1.82) is 0 Å². The smallest absolute Gasteiger partial charge is 0.253 e. The Morgan fingerprint density at radius 3 is 2.57 bits per heavy atom. The predicted molar refractivity (Wildman–Crippen MR) is 87.6 cm³/mol. The normalized spacial score (nSPS) is 12.0. The van der Waals surface area contributed by atoms with Crippen LogP contribution in [0.2, 0.25) is 5.02 Å². The summed E-state index contributed by atoms with van der Waals surface area (Å²) >= 11 is 9.39. The van der Waals surface area contributed by atoms with Gasteiger partial charge >= 0.3 is 0 Å². The minimum absolute atomic E-state index is 0.133. The molecule has 0 bridgehead atoms. The van der Waals surface area contributed by atoms with Gasteiger partial charge in [-0.25, -0.2) is 0 Å². The summed E-state index contributed by atoms with van der Waals surface area (Å²) in [4.78, 5) is 12.2. The summed E-state index contributed by atoms with van der Waals surface area (Å²) in [5.41, 5.74) is 1.44. The number of hydrogen-bond acceptors (Lipinski definition) is 2. The maximum absolute atomic E-state index is 12.2. The molecule has 0 aliphatic rings. The lowest BCUT2D eigenvalue weighted by atomic mass is 10.1. The Bertz CT molecular complexity index is 619. The lowest BCUT2D eigenvalue weighted by Crippen LogP contribution is -2.39. The number of benzene rings is 2. The van der Waals surface area contributed by atoms with Crippen molar-refractivity contribution in [2.24, 2.45) is 0 Å². The minimum atomic E-state index is -0.352. The average Bonchev–Trinajstić information content (AvgIpc) is 2.50. The standard InChI is InChI=1S/C16H15BrClNO2/c17-14-8-4-7-13(15(14)18)16(21)19-12(10-20)9-11-5-2-1-3-6-11/h1-8,12,20H,9-10H2,(H,19,21)/t12-/m0/s1. The fourth-order valence-electron chi connectivity index (χ4n) is 2.00. The molecular formula is C16H15BrClNO2. The van der Waals surface area contributed by atoms with Crippen LogP contribution < -0.4 is 5.32 Å². The van der Waals surface area contributed by atoms with E-state index >= 15 is 0 Å². The van der Waals surface area contributed by atoms with Crippen LogP contribution >= 0.6 is 27.5 Å². The van der Waals surface area contributed by atoms with E-state index in [0.717, 1.165) is 5.56 Å². The second-order valence-corrected chi connectivity index (χ2v) is 5.88. The number of rotatable bonds is 5. The molecular weight excluding hydrogens is 354 g/mol. The summed E-state index contributed by atoms with van der Waals surface area (Å²) in [5.74, 6) is -0.295. The van der Waals surface area contributed by atoms with Gasteiger partial charge in [0.2, 0.25) is 0 Å². The van der Waals surface area contributed by atoms with Crippen LogP contribution in [0.4, 0.5) is 0 Å². The molecule has 0 saturated carbocycles. The van der Waals surface area contributed by atoms with Crippen molar-refractivity contribution in [3.8, 4) is 0 Å². The van der Waals surface area contributed by atoms with Crippen LogP contribution in [0.5, 0.6) is 0 Å². The molecule has 0 heterocycles. The van der Waals surface area contributed by atoms with Gasteiger partial charge in [0.25, 0.3) is 5.91 Å². The Balaban J connectivity index is 2.08. The van der Waals surface area contributed by atoms with Gasteiger partial charge in [-0.3, -0.25) is 4.79 Å². The molecule has 110 valence electrons. The van der Waals surface area contributed by atoms with Crippen LogP contribution in [-0.2, 0) is 6.42 Å². The maximum atomic E-state index is 12.2. The lowest BCUT2D eigenvalue weighted by Gasteiger charge is -2.17. The quantitative estimate of drug-likeness (QED) is 0.849. The van der Waals surface area contributed by atoms with Gasteiger partial charge in [0.15, 0.2) is 0 Å². The van der Waals surface area contributed by atoms with E-state index in [1.807, 2.05) is 30.3 Å². The fourth-order valence-corrected chi connectivity index (χ4v) is 2.58. The van der Waals surface area contributed by atoms with Gasteiger partial charge in [0.05, 0.1) is 23.2 Å². The molecule has 2 N–H and O–H groups in total. The Morgan fingerprint density at radius 2 is 1.90 bits per heavy atom. The molecule has 0 saturated heterocycles. The molecule has 0 aromatic heterocycles. The second-order valence-electron chi connectivity index (χ2n) is 4.64. The van der Waals surface area contributed by atoms with E-state index in [1.54, 1.807) is 18.2 Å². The molecule has 2 aromatic rings. The van der Waals surface area contributed by atoms with Crippen LogP contribution in [0.3, 0.4) is 0 Å². The molecule has 0 radical (unpaired) electrons. The first kappa shape index (κ1) is 16.0. The minimum Gasteiger partial charge on any atom is -0.394 e. The van der Waals surface area contributed by atoms with E-state index in [2.05, 4.69) is 21.2 Å². The van der Waals surface area contributed by atoms with Crippen LogP contribution in [-0.4, -0.2) is 23.7 Å². The second kappa shape index (κ2) is 7.59. The summed E-state index contributed by atoms with van der Waals surface area (Å²) in [5, 5.41) is 12.6. The first-order chi connectivity index (χ1) is 10.1. The SMILES string of the molecule is O=C(N[C@H](CO)Cc1ccccc1)c1cccc(Br)c1Cl. The van der Waals surface area contributed by atoms with Gasteiger partial charge < -0.3 is 10.4 Å². The molecule has 0 aliphatic heterocycles. The number of nitrogens with one attached hydrogen (secondary N) is 1. The zero-order valence-corrected chi connectivity index (χ0v) is 13.6. The third-order valence-corrected chi connectivity index (χ3v) is 4.37. The Labute approximate surface area is 137 Å². The zero-order chi connectivity index (χ0) is 15.2. The Morgan fingerprint density at radius 1 is 1.19 bits per heavy atom. The summed E-state index contributed by atoms with van der Waals surface area (Å²) < 4.78 is 0.667. The van der Waals surface area contributed by atoms with Gasteiger partial charge in [-0.15, -0.1) is 0 Å². The number of hydrogen-bond donors (Lipinski definition) is 2. The monoisotopic (exact) mass is 367 g/mol. The number of carbonyl (C=O) groups excluding carboxylic acids is 1. The van der Waals surface area contributed by atoms with E-state index < -0.39 is 0 Å². The maximum Gasteiger partial charge on any atom is 0.253 e. The van der Waals surface area contributed by atoms with Gasteiger partial charge in [0, 0.05) is 4.47 Å². The summed E-state index contributed by atoms with van der Waals surface area (Å²) in [6, 6.07) is 14.5. The van der Waals surface area contributed by atoms with Crippen LogP contribution in [0.15, 0.2) is 53.0 Å². The number of halogens is 2. The number of aliphatic hydroxyl groups excluding tert-OH is 1. The van der Waals surface area contributed by atoms with E-state index in [0.29, 0.717) is 21.5 Å². The number of amides is 1. The molecule has 2 aromatic carbocycles. The molecule has 1 amide bonds. The lowest BCUT2D eigenvalue weighted by molar-refractivity contribution is 0.0916. The van der Waals surface area contributed by atoms with E-state index in [9.17, 15) is 9.90 Å². The Kier molecular flexibility index (Phi) is 5.79. The molecule has 1 atom stereocenters. The molecule has 2 rings (SSSR count). The van der Waals surface area contributed by atoms with Crippen molar-refractivity contribution in [3.05, 3.63) is 69.2 Å². The third-order valence-electron chi connectivity index (χ3n) is 3.08. The van der Waals surface area contributed by atoms with Gasteiger partial charge in [0.1, 0.15) is 0 Å². The molecule has 3 nitrogen and oxygen atoms in total. The van der Waals surface area contributed by atoms with Gasteiger partial charge in [-0.05, 0) is 40.0 Å². The van der Waals surface area contributed by atoms with Crippen LogP contribution in [0.25, 0.3) is 0 Å². The van der Waals surface area contributed by atoms with Crippen molar-refractivity contribution < 1.29 is 9.90 Å². The van der Waals surface area contributed by atoms with Gasteiger partial charge in [-0.2, -0.15) is 0 Å². The molecule has 5 heteroatoms. The number of carbonyl (C=O) groups is 1. The first-order valence-electron chi connectivity index (χ1n) is 6.51. The summed E-state index contributed by atoms with van der Waals surface area (Å²) in [6.07, 6.45) is 0.564. The van der Waals surface area contributed by atoms with Crippen molar-refractivity contribution in [2.75, 3.05) is 6.61 Å². The van der Waals surface area contributed by atoms with E-state index in [4.69, 9.17) is 11.6 Å². The van der Waals surface area contributed by atoms with Crippen LogP contribution in [0, 0.1) is 0 Å². The molecule has 0 spiro atoms. The highest BCUT2D eigenvalue weighted by Crippen LogP contribution is 2.25. The molecule has 21 heavy (non-hydrogen) atoms. The topological polar surface area (TPSA) is 49.3 Å². The van der Waals surface area contributed by atoms with Crippen LogP contribution in [0.1, 0.15) is 15.9 Å². The number of aliphatic hydroxyl groups is 1. The molecule has 0 aliphatic carbocycles. The highest BCUT2D eigenvalue weighted by atomic mass is 79.9. The Hall–Kier alpha value is -1.36. The largest absolute Gasteiger partial charge is 0.394 e. The average molecular weight is 369 g/mol. The predicted octanol–water partition coefficient (Wildman–Crippen LogP) is 3.44. The highest BCUT2D eigenvalue weighted by molar-refractivity contribution is 9.10. The third kappa shape index (κ3) is 4.30. The zero-order valence-electron chi connectivity index (χ0n) is 11.2. The molecule has 0 unspecified atom stereocenters. The summed E-state index contributed by atoms with van der Waals surface area (Å²) in [6.45, 7) is -0.133. The molecule has 0 fully saturated rings. The highest BCUT2D eigenvalue weighted by Gasteiger charge is 2.16. The van der Waals surface area contributed by atoms with Crippen molar-refractivity contribution in [1.82, 2.24) is 5.32 Å². The van der Waals surface area contributed by atoms with E-state index in [1.165, 1.54) is 0 Å².